The van der Waals surface area contributed by atoms with Gasteiger partial charge in [-0.05, 0) is 35.1 Å². The molecule has 0 aliphatic heterocycles. The standard InChI is InChI=1S/C19H22NO2/c1-3-15-5-9-17(10-6-15)13-20(19(21)22)14-18-11-7-16(4-2)8-12-18/h5-12H,3-4,13-14H2,1-2H3. The third kappa shape index (κ3) is 4.35. The Kier molecular flexibility index (Phi) is 5.59. The van der Waals surface area contributed by atoms with Gasteiger partial charge in [-0.1, -0.05) is 62.4 Å². The van der Waals surface area contributed by atoms with Gasteiger partial charge in [0.15, 0.2) is 0 Å². The molecule has 115 valence electrons. The average molecular weight is 296 g/mol. The van der Waals surface area contributed by atoms with Gasteiger partial charge in [0.25, 0.3) is 0 Å². The van der Waals surface area contributed by atoms with E-state index in [1.54, 1.807) is 0 Å². The quantitative estimate of drug-likeness (QED) is 0.780. The lowest BCUT2D eigenvalue weighted by atomic mass is 10.1. The number of amides is 1. The van der Waals surface area contributed by atoms with Crippen LogP contribution < -0.4 is 0 Å². The van der Waals surface area contributed by atoms with E-state index in [4.69, 9.17) is 0 Å². The number of hydrogen-bond acceptors (Lipinski definition) is 1. The highest BCUT2D eigenvalue weighted by Gasteiger charge is 2.14. The van der Waals surface area contributed by atoms with E-state index in [1.165, 1.54) is 16.0 Å². The van der Waals surface area contributed by atoms with Gasteiger partial charge in [-0.3, -0.25) is 4.90 Å². The largest absolute Gasteiger partial charge is 0.453 e. The van der Waals surface area contributed by atoms with Crippen LogP contribution in [-0.2, 0) is 31.0 Å². The van der Waals surface area contributed by atoms with E-state index in [-0.39, 0.29) is 0 Å². The van der Waals surface area contributed by atoms with E-state index >= 15 is 0 Å². The summed E-state index contributed by atoms with van der Waals surface area (Å²) in [6, 6.07) is 16.1. The summed E-state index contributed by atoms with van der Waals surface area (Å²) in [5, 5.41) is 11.4. The first-order valence-electron chi connectivity index (χ1n) is 7.74. The number of aryl methyl sites for hydroxylation is 2. The minimum absolute atomic E-state index is 0.349. The van der Waals surface area contributed by atoms with Gasteiger partial charge in [-0.2, -0.15) is 0 Å². The van der Waals surface area contributed by atoms with Crippen molar-refractivity contribution in [3.63, 3.8) is 0 Å². The van der Waals surface area contributed by atoms with E-state index in [0.29, 0.717) is 13.1 Å². The van der Waals surface area contributed by atoms with Crippen molar-refractivity contribution < 1.29 is 9.90 Å². The van der Waals surface area contributed by atoms with Gasteiger partial charge in [-0.25, -0.2) is 9.90 Å². The smallest absolute Gasteiger partial charge is 0.297 e. The second kappa shape index (κ2) is 7.64. The van der Waals surface area contributed by atoms with E-state index in [0.717, 1.165) is 24.0 Å². The first kappa shape index (κ1) is 16.1. The Bertz CT molecular complexity index is 553. The van der Waals surface area contributed by atoms with Crippen molar-refractivity contribution in [3.05, 3.63) is 70.8 Å². The van der Waals surface area contributed by atoms with Crippen molar-refractivity contribution in [3.8, 4) is 0 Å². The number of benzene rings is 2. The molecule has 1 radical (unpaired) electrons. The van der Waals surface area contributed by atoms with Gasteiger partial charge in [0.05, 0.1) is 0 Å². The molecular formula is C19H22NO2. The summed E-state index contributed by atoms with van der Waals surface area (Å²) in [6.45, 7) is 4.90. The summed E-state index contributed by atoms with van der Waals surface area (Å²) in [5.74, 6) is 0. The fourth-order valence-electron chi connectivity index (χ4n) is 2.39. The Labute approximate surface area is 132 Å². The van der Waals surface area contributed by atoms with Gasteiger partial charge in [0, 0.05) is 13.1 Å². The Morgan fingerprint density at radius 2 is 1.05 bits per heavy atom. The molecule has 0 unspecified atom stereocenters. The second-order valence-electron chi connectivity index (χ2n) is 5.46. The summed E-state index contributed by atoms with van der Waals surface area (Å²) in [7, 11) is 0. The van der Waals surface area contributed by atoms with Crippen LogP contribution in [0, 0.1) is 0 Å². The number of rotatable bonds is 6. The third-order valence-corrected chi connectivity index (χ3v) is 3.87. The first-order chi connectivity index (χ1) is 10.6. The molecule has 2 rings (SSSR count). The fourth-order valence-corrected chi connectivity index (χ4v) is 2.39. The van der Waals surface area contributed by atoms with Crippen molar-refractivity contribution in [1.29, 1.82) is 0 Å². The Morgan fingerprint density at radius 1 is 0.727 bits per heavy atom. The van der Waals surface area contributed by atoms with Crippen LogP contribution >= 0.6 is 0 Å². The van der Waals surface area contributed by atoms with Gasteiger partial charge in [0.1, 0.15) is 0 Å². The van der Waals surface area contributed by atoms with Crippen molar-refractivity contribution in [2.45, 2.75) is 39.8 Å². The van der Waals surface area contributed by atoms with Crippen LogP contribution in [0.4, 0.5) is 4.79 Å². The van der Waals surface area contributed by atoms with Crippen molar-refractivity contribution in [1.82, 2.24) is 4.90 Å². The van der Waals surface area contributed by atoms with Crippen molar-refractivity contribution in [2.75, 3.05) is 0 Å². The Hall–Kier alpha value is -2.29. The predicted molar refractivity (Wildman–Crippen MR) is 87.0 cm³/mol. The molecule has 2 aromatic carbocycles. The molecule has 0 aromatic heterocycles. The van der Waals surface area contributed by atoms with E-state index < -0.39 is 6.09 Å². The molecule has 3 heteroatoms. The van der Waals surface area contributed by atoms with Crippen LogP contribution in [0.25, 0.3) is 0 Å². The number of nitrogens with zero attached hydrogens (tertiary/aromatic N) is 1. The summed E-state index contributed by atoms with van der Waals surface area (Å²) in [6.07, 6.45) is 0.821. The molecule has 2 aromatic rings. The van der Waals surface area contributed by atoms with Gasteiger partial charge in [-0.15, -0.1) is 0 Å². The molecule has 3 nitrogen and oxygen atoms in total. The number of carbonyl (C=O) groups excluding carboxylic acids is 1. The summed E-state index contributed by atoms with van der Waals surface area (Å²) in [5.41, 5.74) is 4.45. The maximum absolute atomic E-state index is 11.4. The summed E-state index contributed by atoms with van der Waals surface area (Å²) < 4.78 is 0. The first-order valence-corrected chi connectivity index (χ1v) is 7.74. The van der Waals surface area contributed by atoms with E-state index in [1.807, 2.05) is 48.5 Å². The van der Waals surface area contributed by atoms with Gasteiger partial charge >= 0.3 is 6.09 Å². The Morgan fingerprint density at radius 3 is 1.32 bits per heavy atom. The van der Waals surface area contributed by atoms with Crippen molar-refractivity contribution in [2.24, 2.45) is 0 Å². The van der Waals surface area contributed by atoms with Crippen LogP contribution in [0.15, 0.2) is 48.5 Å². The lowest BCUT2D eigenvalue weighted by Gasteiger charge is -2.18. The summed E-state index contributed by atoms with van der Waals surface area (Å²) >= 11 is 0. The number of carbonyl (C=O) groups is 1. The Balaban J connectivity index is 2.06. The average Bonchev–Trinajstić information content (AvgIpc) is 2.55. The minimum Gasteiger partial charge on any atom is -0.297 e. The highest BCUT2D eigenvalue weighted by atomic mass is 16.4. The second-order valence-corrected chi connectivity index (χ2v) is 5.46. The van der Waals surface area contributed by atoms with Gasteiger partial charge < -0.3 is 0 Å². The molecule has 0 heterocycles. The number of hydrogen-bond donors (Lipinski definition) is 0. The molecule has 0 bridgehead atoms. The molecule has 0 N–H and O–H groups in total. The monoisotopic (exact) mass is 296 g/mol. The SMILES string of the molecule is CCc1ccc(CN(Cc2ccc(CC)cc2)C([O])=O)cc1. The molecular weight excluding hydrogens is 274 g/mol. The molecule has 0 aliphatic rings. The zero-order valence-corrected chi connectivity index (χ0v) is 13.2. The maximum atomic E-state index is 11.4. The highest BCUT2D eigenvalue weighted by molar-refractivity contribution is 5.64. The van der Waals surface area contributed by atoms with Crippen LogP contribution in [0.1, 0.15) is 36.1 Å². The molecule has 0 saturated carbocycles. The van der Waals surface area contributed by atoms with Crippen LogP contribution in [0.3, 0.4) is 0 Å². The highest BCUT2D eigenvalue weighted by Crippen LogP contribution is 2.13. The van der Waals surface area contributed by atoms with E-state index in [2.05, 4.69) is 13.8 Å². The maximum Gasteiger partial charge on any atom is 0.453 e. The zero-order valence-electron chi connectivity index (χ0n) is 13.2. The molecule has 22 heavy (non-hydrogen) atoms. The minimum atomic E-state index is -1.14. The van der Waals surface area contributed by atoms with Crippen molar-refractivity contribution >= 4 is 6.09 Å². The normalized spacial score (nSPS) is 10.5. The lowest BCUT2D eigenvalue weighted by Crippen LogP contribution is -2.27. The summed E-state index contributed by atoms with van der Waals surface area (Å²) in [4.78, 5) is 12.7. The molecule has 0 saturated heterocycles. The van der Waals surface area contributed by atoms with Crippen LogP contribution in [-0.4, -0.2) is 11.0 Å². The lowest BCUT2D eigenvalue weighted by molar-refractivity contribution is 0.114. The molecule has 0 spiro atoms. The predicted octanol–water partition coefficient (Wildman–Crippen LogP) is 4.36. The fraction of sp³-hybridized carbons (Fsp3) is 0.316. The topological polar surface area (TPSA) is 40.2 Å². The van der Waals surface area contributed by atoms with E-state index in [9.17, 15) is 9.90 Å². The van der Waals surface area contributed by atoms with Crippen LogP contribution in [0.2, 0.25) is 0 Å². The molecule has 0 fully saturated rings. The molecule has 1 amide bonds. The van der Waals surface area contributed by atoms with Crippen LogP contribution in [0.5, 0.6) is 0 Å². The molecule has 0 aliphatic carbocycles. The molecule has 0 atom stereocenters. The third-order valence-electron chi connectivity index (χ3n) is 3.87. The van der Waals surface area contributed by atoms with Gasteiger partial charge in [0.2, 0.25) is 0 Å². The zero-order chi connectivity index (χ0) is 15.9.